The first kappa shape index (κ1) is 15.7. The number of benzene rings is 1. The van der Waals surface area contributed by atoms with Gasteiger partial charge in [-0.1, -0.05) is 12.1 Å². The molecule has 0 bridgehead atoms. The van der Waals surface area contributed by atoms with Gasteiger partial charge in [0.15, 0.2) is 0 Å². The van der Waals surface area contributed by atoms with Gasteiger partial charge in [-0.2, -0.15) is 0 Å². The summed E-state index contributed by atoms with van der Waals surface area (Å²) in [6.07, 6.45) is 5.51. The van der Waals surface area contributed by atoms with Crippen LogP contribution in [-0.2, 0) is 11.3 Å². The van der Waals surface area contributed by atoms with Gasteiger partial charge in [0.25, 0.3) is 0 Å². The van der Waals surface area contributed by atoms with E-state index in [0.717, 1.165) is 25.9 Å². The van der Waals surface area contributed by atoms with Crippen LogP contribution < -0.4 is 0 Å². The van der Waals surface area contributed by atoms with E-state index in [1.165, 1.54) is 30.7 Å². The summed E-state index contributed by atoms with van der Waals surface area (Å²) < 4.78 is 14.7. The zero-order valence-corrected chi connectivity index (χ0v) is 12.9. The molecule has 0 saturated carbocycles. The van der Waals surface area contributed by atoms with Crippen LogP contribution in [0, 0.1) is 5.82 Å². The van der Waals surface area contributed by atoms with Crippen molar-refractivity contribution in [2.75, 3.05) is 13.1 Å². The van der Waals surface area contributed by atoms with Gasteiger partial charge in [-0.3, -0.25) is 4.79 Å². The second-order valence-electron chi connectivity index (χ2n) is 5.81. The minimum absolute atomic E-state index is 0.0373. The maximum Gasteiger partial charge on any atom is 0.242 e. The number of hydrogen-bond donors (Lipinski definition) is 1. The number of rotatable bonds is 4. The van der Waals surface area contributed by atoms with Crippen molar-refractivity contribution >= 4 is 5.91 Å². The molecule has 1 atom stereocenters. The van der Waals surface area contributed by atoms with Crippen LogP contribution in [0.5, 0.6) is 0 Å². The largest absolute Gasteiger partial charge is 0.380 e. The number of carbonyl (C=O) groups is 1. The molecular formula is C17H20FN3O2. The van der Waals surface area contributed by atoms with E-state index >= 15 is 0 Å². The molecule has 1 aliphatic rings. The van der Waals surface area contributed by atoms with Crippen LogP contribution in [0.15, 0.2) is 36.7 Å². The van der Waals surface area contributed by atoms with Crippen molar-refractivity contribution in [1.29, 1.82) is 0 Å². The van der Waals surface area contributed by atoms with Crippen molar-refractivity contribution in [1.82, 2.24) is 14.5 Å². The summed E-state index contributed by atoms with van der Waals surface area (Å²) >= 11 is 0. The number of aliphatic hydroxyl groups excluding tert-OH is 1. The summed E-state index contributed by atoms with van der Waals surface area (Å²) in [5, 5.41) is 10.4. The Hall–Kier alpha value is -2.21. The number of hydrogen-bond acceptors (Lipinski definition) is 3. The fourth-order valence-electron chi connectivity index (χ4n) is 2.89. The third kappa shape index (κ3) is 3.59. The molecule has 1 amide bonds. The minimum atomic E-state index is -0.986. The van der Waals surface area contributed by atoms with Crippen LogP contribution >= 0.6 is 0 Å². The fourth-order valence-corrected chi connectivity index (χ4v) is 2.89. The zero-order valence-electron chi connectivity index (χ0n) is 12.9. The quantitative estimate of drug-likeness (QED) is 0.939. The Morgan fingerprint density at radius 3 is 2.61 bits per heavy atom. The van der Waals surface area contributed by atoms with Gasteiger partial charge in [0.1, 0.15) is 24.3 Å². The predicted molar refractivity (Wildman–Crippen MR) is 83.1 cm³/mol. The second kappa shape index (κ2) is 6.91. The van der Waals surface area contributed by atoms with Gasteiger partial charge in [-0.15, -0.1) is 0 Å². The smallest absolute Gasteiger partial charge is 0.242 e. The van der Waals surface area contributed by atoms with Crippen LogP contribution in [0.1, 0.15) is 36.8 Å². The first-order valence-corrected chi connectivity index (χ1v) is 7.87. The fraction of sp³-hybridized carbons (Fsp3) is 0.412. The summed E-state index contributed by atoms with van der Waals surface area (Å²) in [4.78, 5) is 18.4. The van der Waals surface area contributed by atoms with E-state index in [0.29, 0.717) is 11.4 Å². The Balaban J connectivity index is 1.73. The van der Waals surface area contributed by atoms with Crippen LogP contribution in [0.2, 0.25) is 0 Å². The Bertz CT molecular complexity index is 663. The highest BCUT2D eigenvalue weighted by Crippen LogP contribution is 2.21. The highest BCUT2D eigenvalue weighted by molar-refractivity contribution is 5.76. The maximum atomic E-state index is 13.0. The van der Waals surface area contributed by atoms with Crippen molar-refractivity contribution in [3.63, 3.8) is 0 Å². The first-order valence-electron chi connectivity index (χ1n) is 7.87. The van der Waals surface area contributed by atoms with Crippen molar-refractivity contribution in [2.24, 2.45) is 0 Å². The number of piperidine rings is 1. The Morgan fingerprint density at radius 2 is 1.91 bits per heavy atom. The van der Waals surface area contributed by atoms with Gasteiger partial charge >= 0.3 is 0 Å². The molecule has 2 heterocycles. The molecule has 3 rings (SSSR count). The van der Waals surface area contributed by atoms with E-state index < -0.39 is 6.10 Å². The first-order chi connectivity index (χ1) is 11.1. The number of imidazole rings is 1. The highest BCUT2D eigenvalue weighted by atomic mass is 19.1. The minimum Gasteiger partial charge on any atom is -0.380 e. The van der Waals surface area contributed by atoms with Crippen molar-refractivity contribution in [3.05, 3.63) is 53.9 Å². The van der Waals surface area contributed by atoms with Gasteiger partial charge in [-0.25, -0.2) is 9.37 Å². The molecule has 5 nitrogen and oxygen atoms in total. The van der Waals surface area contributed by atoms with Crippen LogP contribution in [0.25, 0.3) is 0 Å². The molecule has 122 valence electrons. The van der Waals surface area contributed by atoms with E-state index in [2.05, 4.69) is 4.98 Å². The normalized spacial score (nSPS) is 16.3. The lowest BCUT2D eigenvalue weighted by Crippen LogP contribution is -2.38. The number of aliphatic hydroxyl groups is 1. The van der Waals surface area contributed by atoms with Gasteiger partial charge in [0.2, 0.25) is 5.91 Å². The molecule has 0 radical (unpaired) electrons. The molecule has 1 saturated heterocycles. The topological polar surface area (TPSA) is 58.4 Å². The Kier molecular flexibility index (Phi) is 4.71. The Morgan fingerprint density at radius 1 is 1.22 bits per heavy atom. The van der Waals surface area contributed by atoms with Crippen LogP contribution in [-0.4, -0.2) is 38.6 Å². The SMILES string of the molecule is O=C(Cn1ccnc1[C@H](O)c1ccc(F)cc1)N1CCCCC1. The Labute approximate surface area is 134 Å². The molecule has 6 heteroatoms. The summed E-state index contributed by atoms with van der Waals surface area (Å²) in [5.41, 5.74) is 0.546. The lowest BCUT2D eigenvalue weighted by atomic mass is 10.1. The maximum absolute atomic E-state index is 13.0. The van der Waals surface area contributed by atoms with Gasteiger partial charge < -0.3 is 14.6 Å². The van der Waals surface area contributed by atoms with E-state index in [-0.39, 0.29) is 18.3 Å². The number of aromatic nitrogens is 2. The molecule has 0 aliphatic carbocycles. The summed E-state index contributed by atoms with van der Waals surface area (Å²) in [6, 6.07) is 5.63. The highest BCUT2D eigenvalue weighted by Gasteiger charge is 2.21. The predicted octanol–water partition coefficient (Wildman–Crippen LogP) is 2.12. The van der Waals surface area contributed by atoms with E-state index in [1.54, 1.807) is 17.0 Å². The molecule has 1 aromatic heterocycles. The molecule has 1 aliphatic heterocycles. The monoisotopic (exact) mass is 317 g/mol. The standard InChI is InChI=1S/C17H20FN3O2/c18-14-6-4-13(5-7-14)16(23)17-19-8-11-21(17)12-15(22)20-9-2-1-3-10-20/h4-8,11,16,23H,1-3,9-10,12H2/t16-/m1/s1. The molecule has 1 aromatic carbocycles. The van der Waals surface area contributed by atoms with Crippen LogP contribution in [0.4, 0.5) is 4.39 Å². The molecule has 1 fully saturated rings. The third-order valence-electron chi connectivity index (χ3n) is 4.19. The second-order valence-corrected chi connectivity index (χ2v) is 5.81. The van der Waals surface area contributed by atoms with Crippen molar-refractivity contribution in [3.8, 4) is 0 Å². The average Bonchev–Trinajstić information content (AvgIpc) is 3.04. The molecule has 1 N–H and O–H groups in total. The van der Waals surface area contributed by atoms with Gasteiger partial charge in [-0.05, 0) is 37.0 Å². The molecular weight excluding hydrogens is 297 g/mol. The summed E-state index contributed by atoms with van der Waals surface area (Å²) in [6.45, 7) is 1.75. The van der Waals surface area contributed by atoms with E-state index in [9.17, 15) is 14.3 Å². The number of carbonyl (C=O) groups excluding carboxylic acids is 1. The molecule has 0 unspecified atom stereocenters. The molecule has 2 aromatic rings. The van der Waals surface area contributed by atoms with Crippen molar-refractivity contribution < 1.29 is 14.3 Å². The number of nitrogens with zero attached hydrogens (tertiary/aromatic N) is 3. The third-order valence-corrected chi connectivity index (χ3v) is 4.19. The summed E-state index contributed by atoms with van der Waals surface area (Å²) in [5.74, 6) is 0.0711. The molecule has 23 heavy (non-hydrogen) atoms. The number of amides is 1. The van der Waals surface area contributed by atoms with E-state index in [1.807, 2.05) is 4.90 Å². The van der Waals surface area contributed by atoms with Gasteiger partial charge in [0, 0.05) is 25.5 Å². The zero-order chi connectivity index (χ0) is 16.2. The average molecular weight is 317 g/mol. The molecule has 0 spiro atoms. The number of likely N-dealkylation sites (tertiary alicyclic amines) is 1. The lowest BCUT2D eigenvalue weighted by Gasteiger charge is -2.27. The lowest BCUT2D eigenvalue weighted by molar-refractivity contribution is -0.132. The van der Waals surface area contributed by atoms with E-state index in [4.69, 9.17) is 0 Å². The number of halogens is 1. The summed E-state index contributed by atoms with van der Waals surface area (Å²) in [7, 11) is 0. The van der Waals surface area contributed by atoms with Crippen molar-refractivity contribution in [2.45, 2.75) is 31.9 Å². The van der Waals surface area contributed by atoms with Crippen LogP contribution in [0.3, 0.4) is 0 Å². The van der Waals surface area contributed by atoms with Gasteiger partial charge in [0.05, 0.1) is 0 Å².